The number of carbonyl (C=O) groups is 3. The van der Waals surface area contributed by atoms with Crippen molar-refractivity contribution in [2.45, 2.75) is 18.9 Å². The summed E-state index contributed by atoms with van der Waals surface area (Å²) >= 11 is 0. The lowest BCUT2D eigenvalue weighted by molar-refractivity contribution is -0.160. The summed E-state index contributed by atoms with van der Waals surface area (Å²) in [6.07, 6.45) is 0.610. The van der Waals surface area contributed by atoms with E-state index in [1.54, 1.807) is 16.7 Å². The van der Waals surface area contributed by atoms with Crippen LogP contribution in [0.3, 0.4) is 0 Å². The van der Waals surface area contributed by atoms with Gasteiger partial charge in [-0.1, -0.05) is 0 Å². The minimum atomic E-state index is -1.03. The largest absolute Gasteiger partial charge is 0.480 e. The number of hydrogen-bond donors (Lipinski definition) is 1. The first-order valence-electron chi connectivity index (χ1n) is 6.82. The predicted octanol–water partition coefficient (Wildman–Crippen LogP) is -0.223. The van der Waals surface area contributed by atoms with E-state index in [0.29, 0.717) is 32.6 Å². The van der Waals surface area contributed by atoms with E-state index in [1.165, 1.54) is 7.11 Å². The Morgan fingerprint density at radius 1 is 1.29 bits per heavy atom. The van der Waals surface area contributed by atoms with Crippen molar-refractivity contribution in [1.29, 1.82) is 0 Å². The summed E-state index contributed by atoms with van der Waals surface area (Å²) in [6, 6.07) is -0.141. The zero-order valence-electron chi connectivity index (χ0n) is 12.2. The van der Waals surface area contributed by atoms with Gasteiger partial charge in [0, 0.05) is 13.1 Å². The molecule has 0 radical (unpaired) electrons. The van der Waals surface area contributed by atoms with Crippen LogP contribution >= 0.6 is 0 Å². The molecule has 1 atom stereocenters. The van der Waals surface area contributed by atoms with Crippen LogP contribution < -0.4 is 0 Å². The monoisotopic (exact) mass is 300 g/mol. The van der Waals surface area contributed by atoms with Crippen molar-refractivity contribution in [2.24, 2.45) is 5.92 Å². The van der Waals surface area contributed by atoms with Gasteiger partial charge in [-0.15, -0.1) is 0 Å². The molecule has 2 rings (SSSR count). The van der Waals surface area contributed by atoms with Gasteiger partial charge in [0.15, 0.2) is 0 Å². The molecule has 2 aliphatic heterocycles. The minimum absolute atomic E-state index is 0.141. The molecule has 0 aliphatic carbocycles. The predicted molar refractivity (Wildman–Crippen MR) is 70.7 cm³/mol. The Balaban J connectivity index is 1.79. The number of aliphatic carboxylic acids is 1. The number of carboxylic acids is 1. The number of carboxylic acid groups (broad SMARTS) is 1. The van der Waals surface area contributed by atoms with Gasteiger partial charge in [-0.05, 0) is 13.3 Å². The van der Waals surface area contributed by atoms with Crippen LogP contribution in [-0.2, 0) is 19.1 Å². The third kappa shape index (κ3) is 3.44. The highest BCUT2D eigenvalue weighted by molar-refractivity contribution is 5.79. The number of likely N-dealkylation sites (tertiary alicyclic amines) is 2. The fourth-order valence-corrected chi connectivity index (χ4v) is 2.72. The molecule has 8 heteroatoms. The molecule has 1 unspecified atom stereocenters. The molecule has 0 aromatic carbocycles. The number of hydrogen-bond acceptors (Lipinski definition) is 5. The van der Waals surface area contributed by atoms with Gasteiger partial charge in [-0.3, -0.25) is 4.79 Å². The molecule has 8 nitrogen and oxygen atoms in total. The summed E-state index contributed by atoms with van der Waals surface area (Å²) in [7, 11) is 1.34. The maximum atomic E-state index is 12.2. The first-order valence-corrected chi connectivity index (χ1v) is 6.82. The Morgan fingerprint density at radius 2 is 1.95 bits per heavy atom. The van der Waals surface area contributed by atoms with Gasteiger partial charge >= 0.3 is 18.0 Å². The highest BCUT2D eigenvalue weighted by Gasteiger charge is 2.45. The fourth-order valence-electron chi connectivity index (χ4n) is 2.72. The Bertz CT molecular complexity index is 446. The molecule has 2 fully saturated rings. The van der Waals surface area contributed by atoms with Crippen LogP contribution in [0, 0.1) is 5.92 Å². The Labute approximate surface area is 122 Å². The third-order valence-electron chi connectivity index (χ3n) is 3.86. The van der Waals surface area contributed by atoms with Crippen molar-refractivity contribution in [2.75, 3.05) is 39.9 Å². The molecule has 0 aromatic rings. The topological polar surface area (TPSA) is 96.4 Å². The average molecular weight is 300 g/mol. The molecule has 1 N–H and O–H groups in total. The fraction of sp³-hybridized carbons (Fsp3) is 0.769. The maximum absolute atomic E-state index is 12.2. The standard InChI is InChI=1S/C13H20N2O6/c1-13(21-6-10(16)17)7-15(8-13)12(19)14-4-3-9(5-14)11(18)20-2/h9H,3-8H2,1-2H3,(H,16,17). The first kappa shape index (κ1) is 15.6. The first-order chi connectivity index (χ1) is 9.84. The van der Waals surface area contributed by atoms with Gasteiger partial charge in [0.1, 0.15) is 12.2 Å². The van der Waals surface area contributed by atoms with Crippen molar-refractivity contribution in [3.63, 3.8) is 0 Å². The average Bonchev–Trinajstić information content (AvgIpc) is 2.90. The smallest absolute Gasteiger partial charge is 0.329 e. The van der Waals surface area contributed by atoms with Crippen LogP contribution in [-0.4, -0.2) is 78.4 Å². The lowest BCUT2D eigenvalue weighted by atomic mass is 9.97. The lowest BCUT2D eigenvalue weighted by Crippen LogP contribution is -2.65. The summed E-state index contributed by atoms with van der Waals surface area (Å²) in [5, 5.41) is 8.59. The highest BCUT2D eigenvalue weighted by atomic mass is 16.5. The second-order valence-electron chi connectivity index (χ2n) is 5.73. The summed E-state index contributed by atoms with van der Waals surface area (Å²) < 4.78 is 9.94. The number of esters is 1. The molecule has 0 aromatic heterocycles. The van der Waals surface area contributed by atoms with E-state index < -0.39 is 11.6 Å². The molecular weight excluding hydrogens is 280 g/mol. The SMILES string of the molecule is COC(=O)C1CCN(C(=O)N2CC(C)(OCC(=O)O)C2)C1. The van der Waals surface area contributed by atoms with Crippen molar-refractivity contribution >= 4 is 18.0 Å². The molecule has 0 saturated carbocycles. The van der Waals surface area contributed by atoms with Gasteiger partial charge in [-0.2, -0.15) is 0 Å². The zero-order valence-corrected chi connectivity index (χ0v) is 12.2. The number of nitrogens with zero attached hydrogens (tertiary/aromatic N) is 2. The minimum Gasteiger partial charge on any atom is -0.480 e. The summed E-state index contributed by atoms with van der Waals surface area (Å²) in [6.45, 7) is 3.03. The summed E-state index contributed by atoms with van der Waals surface area (Å²) in [5.41, 5.74) is -0.602. The van der Waals surface area contributed by atoms with E-state index in [4.69, 9.17) is 9.84 Å². The Hall–Kier alpha value is -1.83. The van der Waals surface area contributed by atoms with Gasteiger partial charge < -0.3 is 24.4 Å². The highest BCUT2D eigenvalue weighted by Crippen LogP contribution is 2.27. The van der Waals surface area contributed by atoms with Crippen LogP contribution in [0.15, 0.2) is 0 Å². The van der Waals surface area contributed by atoms with Gasteiger partial charge in [0.05, 0.1) is 26.1 Å². The normalized spacial score (nSPS) is 23.6. The number of urea groups is 1. The number of rotatable bonds is 4. The third-order valence-corrected chi connectivity index (χ3v) is 3.86. The molecular formula is C13H20N2O6. The molecule has 2 aliphatic rings. The maximum Gasteiger partial charge on any atom is 0.329 e. The lowest BCUT2D eigenvalue weighted by Gasteiger charge is -2.48. The van der Waals surface area contributed by atoms with Crippen molar-refractivity contribution in [1.82, 2.24) is 9.80 Å². The van der Waals surface area contributed by atoms with Crippen LogP contribution in [0.1, 0.15) is 13.3 Å². The number of amides is 2. The number of carbonyl (C=O) groups excluding carboxylic acids is 2. The van der Waals surface area contributed by atoms with Crippen LogP contribution in [0.25, 0.3) is 0 Å². The quantitative estimate of drug-likeness (QED) is 0.721. The molecule has 2 saturated heterocycles. The van der Waals surface area contributed by atoms with Crippen LogP contribution in [0.4, 0.5) is 4.79 Å². The molecule has 2 heterocycles. The van der Waals surface area contributed by atoms with E-state index >= 15 is 0 Å². The number of methoxy groups -OCH3 is 1. The van der Waals surface area contributed by atoms with Crippen molar-refractivity contribution < 1.29 is 29.0 Å². The van der Waals surface area contributed by atoms with E-state index in [-0.39, 0.29) is 24.5 Å². The second kappa shape index (κ2) is 5.88. The molecule has 0 bridgehead atoms. The van der Waals surface area contributed by atoms with E-state index in [9.17, 15) is 14.4 Å². The van der Waals surface area contributed by atoms with E-state index in [1.807, 2.05) is 0 Å². The molecule has 118 valence electrons. The summed E-state index contributed by atoms with van der Waals surface area (Å²) in [4.78, 5) is 37.4. The van der Waals surface area contributed by atoms with E-state index in [0.717, 1.165) is 0 Å². The van der Waals surface area contributed by atoms with Crippen LogP contribution in [0.2, 0.25) is 0 Å². The number of ether oxygens (including phenoxy) is 2. The van der Waals surface area contributed by atoms with Crippen LogP contribution in [0.5, 0.6) is 0 Å². The van der Waals surface area contributed by atoms with Crippen molar-refractivity contribution in [3.05, 3.63) is 0 Å². The van der Waals surface area contributed by atoms with Crippen molar-refractivity contribution in [3.8, 4) is 0 Å². The zero-order chi connectivity index (χ0) is 15.6. The Kier molecular flexibility index (Phi) is 4.36. The van der Waals surface area contributed by atoms with Gasteiger partial charge in [0.2, 0.25) is 0 Å². The van der Waals surface area contributed by atoms with Gasteiger partial charge in [0.25, 0.3) is 0 Å². The molecule has 0 spiro atoms. The summed E-state index contributed by atoms with van der Waals surface area (Å²) in [5.74, 6) is -1.57. The Morgan fingerprint density at radius 3 is 2.52 bits per heavy atom. The molecule has 2 amide bonds. The van der Waals surface area contributed by atoms with Gasteiger partial charge in [-0.25, -0.2) is 9.59 Å². The van der Waals surface area contributed by atoms with E-state index in [2.05, 4.69) is 4.74 Å². The second-order valence-corrected chi connectivity index (χ2v) is 5.73. The molecule has 21 heavy (non-hydrogen) atoms.